The Morgan fingerprint density at radius 2 is 1.63 bits per heavy atom. The van der Waals surface area contributed by atoms with Crippen molar-refractivity contribution in [3.63, 3.8) is 0 Å². The third-order valence-corrected chi connectivity index (χ3v) is 3.71. The molecule has 0 saturated heterocycles. The molecule has 0 bridgehead atoms. The molecule has 8 heteroatoms. The van der Waals surface area contributed by atoms with Gasteiger partial charge in [0, 0.05) is 13.6 Å². The van der Waals surface area contributed by atoms with Crippen LogP contribution in [0.15, 0.2) is 42.5 Å². The molecule has 0 atom stereocenters. The topological polar surface area (TPSA) is 57.2 Å². The quantitative estimate of drug-likeness (QED) is 0.667. The third-order valence-electron chi connectivity index (χ3n) is 3.71. The highest BCUT2D eigenvalue weighted by Crippen LogP contribution is 2.30. The standard InChI is InChI=1S/C19H21F2NO5/c1-22(18(23)12-26-16-7-5-4-6-14(16)24-2)11-13-8-9-15(25-3)17(10-13)27-19(20)21/h4-10,19H,11-12H2,1-3H3. The lowest BCUT2D eigenvalue weighted by Crippen LogP contribution is -2.31. The average Bonchev–Trinajstić information content (AvgIpc) is 2.66. The summed E-state index contributed by atoms with van der Waals surface area (Å²) in [5.74, 6) is 0.799. The lowest BCUT2D eigenvalue weighted by Gasteiger charge is -2.19. The number of hydrogen-bond acceptors (Lipinski definition) is 5. The van der Waals surface area contributed by atoms with E-state index in [0.717, 1.165) is 0 Å². The molecule has 0 aliphatic rings. The van der Waals surface area contributed by atoms with Crippen molar-refractivity contribution >= 4 is 5.91 Å². The SMILES string of the molecule is COc1ccccc1OCC(=O)N(C)Cc1ccc(OC)c(OC(F)F)c1. The van der Waals surface area contributed by atoms with Crippen molar-refractivity contribution in [2.45, 2.75) is 13.2 Å². The van der Waals surface area contributed by atoms with E-state index < -0.39 is 6.61 Å². The predicted molar refractivity (Wildman–Crippen MR) is 94.6 cm³/mol. The highest BCUT2D eigenvalue weighted by atomic mass is 19.3. The van der Waals surface area contributed by atoms with Gasteiger partial charge in [0.05, 0.1) is 14.2 Å². The molecular weight excluding hydrogens is 360 g/mol. The molecule has 0 fully saturated rings. The van der Waals surface area contributed by atoms with Gasteiger partial charge in [-0.1, -0.05) is 18.2 Å². The van der Waals surface area contributed by atoms with Crippen LogP contribution in [0.4, 0.5) is 8.78 Å². The van der Waals surface area contributed by atoms with Gasteiger partial charge in [-0.05, 0) is 29.8 Å². The highest BCUT2D eigenvalue weighted by molar-refractivity contribution is 5.77. The maximum absolute atomic E-state index is 12.5. The Morgan fingerprint density at radius 3 is 2.26 bits per heavy atom. The Labute approximate surface area is 156 Å². The Hall–Kier alpha value is -3.03. The molecule has 146 valence electrons. The molecule has 27 heavy (non-hydrogen) atoms. The molecule has 0 aliphatic carbocycles. The van der Waals surface area contributed by atoms with Gasteiger partial charge in [0.1, 0.15) is 0 Å². The lowest BCUT2D eigenvalue weighted by atomic mass is 10.2. The number of carbonyl (C=O) groups excluding carboxylic acids is 1. The Balaban J connectivity index is 1.99. The zero-order valence-corrected chi connectivity index (χ0v) is 15.3. The zero-order chi connectivity index (χ0) is 19.8. The van der Waals surface area contributed by atoms with Crippen LogP contribution >= 0.6 is 0 Å². The number of ether oxygens (including phenoxy) is 4. The molecule has 2 aromatic carbocycles. The number of para-hydroxylation sites is 2. The summed E-state index contributed by atoms with van der Waals surface area (Å²) in [5, 5.41) is 0. The largest absolute Gasteiger partial charge is 0.493 e. The summed E-state index contributed by atoms with van der Waals surface area (Å²) < 4.78 is 45.1. The van der Waals surface area contributed by atoms with Crippen LogP contribution in [0.5, 0.6) is 23.0 Å². The van der Waals surface area contributed by atoms with Gasteiger partial charge in [0.2, 0.25) is 0 Å². The van der Waals surface area contributed by atoms with Crippen LogP contribution in [0.1, 0.15) is 5.56 Å². The summed E-state index contributed by atoms with van der Waals surface area (Å²) in [6.45, 7) is -2.96. The molecule has 0 saturated carbocycles. The summed E-state index contributed by atoms with van der Waals surface area (Å²) in [7, 11) is 4.46. The van der Waals surface area contributed by atoms with Crippen molar-refractivity contribution in [3.05, 3.63) is 48.0 Å². The molecule has 0 heterocycles. The fraction of sp³-hybridized carbons (Fsp3) is 0.316. The maximum Gasteiger partial charge on any atom is 0.387 e. The van der Waals surface area contributed by atoms with E-state index in [-0.39, 0.29) is 30.6 Å². The van der Waals surface area contributed by atoms with Crippen LogP contribution in [0.3, 0.4) is 0 Å². The smallest absolute Gasteiger partial charge is 0.387 e. The Bertz CT molecular complexity index is 770. The number of carbonyl (C=O) groups is 1. The van der Waals surface area contributed by atoms with Crippen molar-refractivity contribution in [2.75, 3.05) is 27.9 Å². The van der Waals surface area contributed by atoms with E-state index in [1.165, 1.54) is 31.3 Å². The van der Waals surface area contributed by atoms with Gasteiger partial charge < -0.3 is 23.8 Å². The van der Waals surface area contributed by atoms with E-state index in [0.29, 0.717) is 17.1 Å². The highest BCUT2D eigenvalue weighted by Gasteiger charge is 2.15. The van der Waals surface area contributed by atoms with Gasteiger partial charge in [0.15, 0.2) is 29.6 Å². The fourth-order valence-corrected chi connectivity index (χ4v) is 2.36. The van der Waals surface area contributed by atoms with E-state index in [9.17, 15) is 13.6 Å². The number of nitrogens with zero attached hydrogens (tertiary/aromatic N) is 1. The van der Waals surface area contributed by atoms with Crippen LogP contribution < -0.4 is 18.9 Å². The molecule has 0 N–H and O–H groups in total. The van der Waals surface area contributed by atoms with E-state index in [2.05, 4.69) is 4.74 Å². The second kappa shape index (κ2) is 9.61. The first-order valence-corrected chi connectivity index (χ1v) is 8.06. The number of amides is 1. The number of hydrogen-bond donors (Lipinski definition) is 0. The first kappa shape index (κ1) is 20.3. The normalized spacial score (nSPS) is 10.4. The van der Waals surface area contributed by atoms with E-state index >= 15 is 0 Å². The number of alkyl halides is 2. The maximum atomic E-state index is 12.5. The lowest BCUT2D eigenvalue weighted by molar-refractivity contribution is -0.132. The number of methoxy groups -OCH3 is 2. The fourth-order valence-electron chi connectivity index (χ4n) is 2.36. The first-order chi connectivity index (χ1) is 12.9. The third kappa shape index (κ3) is 5.73. The molecule has 6 nitrogen and oxygen atoms in total. The van der Waals surface area contributed by atoms with E-state index in [1.54, 1.807) is 37.4 Å². The van der Waals surface area contributed by atoms with E-state index in [1.807, 2.05) is 0 Å². The molecule has 0 aromatic heterocycles. The van der Waals surface area contributed by atoms with Gasteiger partial charge in [0.25, 0.3) is 5.91 Å². The van der Waals surface area contributed by atoms with Gasteiger partial charge in [-0.2, -0.15) is 8.78 Å². The summed E-state index contributed by atoms with van der Waals surface area (Å²) in [5.41, 5.74) is 0.611. The average molecular weight is 381 g/mol. The summed E-state index contributed by atoms with van der Waals surface area (Å²) in [6.07, 6.45) is 0. The minimum Gasteiger partial charge on any atom is -0.493 e. The van der Waals surface area contributed by atoms with Crippen LogP contribution in [-0.2, 0) is 11.3 Å². The summed E-state index contributed by atoms with van der Waals surface area (Å²) in [6, 6.07) is 11.6. The van der Waals surface area contributed by atoms with E-state index in [4.69, 9.17) is 14.2 Å². The van der Waals surface area contributed by atoms with Gasteiger partial charge in [-0.25, -0.2) is 0 Å². The van der Waals surface area contributed by atoms with Crippen LogP contribution in [0, 0.1) is 0 Å². The second-order valence-corrected chi connectivity index (χ2v) is 5.55. The molecule has 0 radical (unpaired) electrons. The molecule has 0 spiro atoms. The van der Waals surface area contributed by atoms with Crippen LogP contribution in [0.2, 0.25) is 0 Å². The zero-order valence-electron chi connectivity index (χ0n) is 15.3. The van der Waals surface area contributed by atoms with Gasteiger partial charge >= 0.3 is 6.61 Å². The molecular formula is C19H21F2NO5. The second-order valence-electron chi connectivity index (χ2n) is 5.55. The molecule has 2 rings (SSSR count). The molecule has 0 aliphatic heterocycles. The predicted octanol–water partition coefficient (Wildman–Crippen LogP) is 3.34. The van der Waals surface area contributed by atoms with Gasteiger partial charge in [-0.3, -0.25) is 4.79 Å². The van der Waals surface area contributed by atoms with Crippen LogP contribution in [0.25, 0.3) is 0 Å². The minimum atomic E-state index is -2.97. The molecule has 0 unspecified atom stereocenters. The summed E-state index contributed by atoms with van der Waals surface area (Å²) in [4.78, 5) is 13.7. The van der Waals surface area contributed by atoms with Crippen molar-refractivity contribution in [3.8, 4) is 23.0 Å². The van der Waals surface area contributed by atoms with Crippen molar-refractivity contribution in [2.24, 2.45) is 0 Å². The number of halogens is 2. The van der Waals surface area contributed by atoms with Crippen molar-refractivity contribution in [1.82, 2.24) is 4.90 Å². The van der Waals surface area contributed by atoms with Crippen molar-refractivity contribution in [1.29, 1.82) is 0 Å². The Kier molecular flexibility index (Phi) is 7.22. The Morgan fingerprint density at radius 1 is 1.00 bits per heavy atom. The molecule has 1 amide bonds. The molecule has 2 aromatic rings. The first-order valence-electron chi connectivity index (χ1n) is 8.06. The number of benzene rings is 2. The van der Waals surface area contributed by atoms with Gasteiger partial charge in [-0.15, -0.1) is 0 Å². The minimum absolute atomic E-state index is 0.0869. The van der Waals surface area contributed by atoms with Crippen LogP contribution in [-0.4, -0.2) is 45.3 Å². The summed E-state index contributed by atoms with van der Waals surface area (Å²) >= 11 is 0. The number of rotatable bonds is 9. The monoisotopic (exact) mass is 381 g/mol. The number of likely N-dealkylation sites (N-methyl/N-ethyl adjacent to an activating group) is 1. The van der Waals surface area contributed by atoms with Crippen molar-refractivity contribution < 1.29 is 32.5 Å².